The van der Waals surface area contributed by atoms with Crippen LogP contribution in [0.15, 0.2) is 47.6 Å². The summed E-state index contributed by atoms with van der Waals surface area (Å²) in [5.74, 6) is -2.03. The third-order valence-electron chi connectivity index (χ3n) is 4.67. The maximum atomic E-state index is 14.2. The van der Waals surface area contributed by atoms with Crippen LogP contribution in [-0.4, -0.2) is 17.3 Å². The predicted octanol–water partition coefficient (Wildman–Crippen LogP) is 4.67. The monoisotopic (exact) mass is 352 g/mol. The molecule has 1 unspecified atom stereocenters. The normalized spacial score (nSPS) is 20.0. The molecule has 0 saturated heterocycles. The maximum Gasteiger partial charge on any atom is 0.336 e. The lowest BCUT2D eigenvalue weighted by atomic mass is 9.75. The molecule has 0 aliphatic heterocycles. The van der Waals surface area contributed by atoms with Crippen molar-refractivity contribution in [2.24, 2.45) is 11.8 Å². The van der Waals surface area contributed by atoms with Crippen LogP contribution in [0.3, 0.4) is 0 Å². The van der Waals surface area contributed by atoms with E-state index in [9.17, 15) is 14.4 Å². The van der Waals surface area contributed by atoms with Gasteiger partial charge in [0.25, 0.3) is 0 Å². The number of hydrogen-bond donors (Lipinski definition) is 2. The Balaban J connectivity index is 2.29. The molecule has 0 amide bonds. The van der Waals surface area contributed by atoms with E-state index in [0.717, 1.165) is 17.4 Å². The van der Waals surface area contributed by atoms with Crippen molar-refractivity contribution in [3.05, 3.63) is 64.5 Å². The fourth-order valence-electron chi connectivity index (χ4n) is 3.15. The van der Waals surface area contributed by atoms with Crippen LogP contribution in [0.4, 0.5) is 4.39 Å². The summed E-state index contributed by atoms with van der Waals surface area (Å²) < 4.78 is 14.2. The molecular weight excluding hydrogens is 331 g/mol. The second kappa shape index (κ2) is 8.39. The zero-order valence-electron chi connectivity index (χ0n) is 14.8. The van der Waals surface area contributed by atoms with Gasteiger partial charge in [-0.3, -0.25) is 0 Å². The molecular formula is C21H21FN2O2. The number of carboxylic acids is 1. The number of benzene rings is 1. The summed E-state index contributed by atoms with van der Waals surface area (Å²) >= 11 is 0. The quantitative estimate of drug-likeness (QED) is 0.576. The average Bonchev–Trinajstić information content (AvgIpc) is 2.61. The largest absolute Gasteiger partial charge is 0.478 e. The third kappa shape index (κ3) is 4.15. The molecule has 0 saturated carbocycles. The number of carboxylic acid groups (broad SMARTS) is 1. The Hall–Kier alpha value is -3.00. The smallest absolute Gasteiger partial charge is 0.336 e. The zero-order chi connectivity index (χ0) is 19.3. The minimum atomic E-state index is -1.13. The average molecular weight is 352 g/mol. The van der Waals surface area contributed by atoms with Crippen LogP contribution >= 0.6 is 0 Å². The molecule has 2 N–H and O–H groups in total. The van der Waals surface area contributed by atoms with E-state index in [0.29, 0.717) is 24.0 Å². The van der Waals surface area contributed by atoms with Crippen LogP contribution < -0.4 is 0 Å². The summed E-state index contributed by atoms with van der Waals surface area (Å²) in [5.41, 5.74) is 3.02. The van der Waals surface area contributed by atoms with Gasteiger partial charge in [-0.2, -0.15) is 5.26 Å². The Morgan fingerprint density at radius 2 is 2.15 bits per heavy atom. The number of nitrogens with zero attached hydrogens (tertiary/aromatic N) is 1. The van der Waals surface area contributed by atoms with Gasteiger partial charge in [0.15, 0.2) is 0 Å². The van der Waals surface area contributed by atoms with Crippen LogP contribution in [0, 0.1) is 41.3 Å². The molecule has 1 aromatic carbocycles. The molecule has 0 aromatic heterocycles. The molecule has 134 valence electrons. The number of nitriles is 1. The molecule has 0 heterocycles. The summed E-state index contributed by atoms with van der Waals surface area (Å²) in [4.78, 5) is 10.9. The summed E-state index contributed by atoms with van der Waals surface area (Å²) in [5, 5.41) is 25.7. The van der Waals surface area contributed by atoms with Crippen molar-refractivity contribution in [2.45, 2.75) is 26.7 Å². The summed E-state index contributed by atoms with van der Waals surface area (Å²) in [6, 6.07) is 7.15. The molecule has 2 atom stereocenters. The van der Waals surface area contributed by atoms with Gasteiger partial charge in [0.2, 0.25) is 0 Å². The number of aliphatic carboxylic acids is 1. The highest BCUT2D eigenvalue weighted by Crippen LogP contribution is 2.39. The van der Waals surface area contributed by atoms with Crippen molar-refractivity contribution in [3.8, 4) is 6.07 Å². The maximum absolute atomic E-state index is 14.2. The summed E-state index contributed by atoms with van der Waals surface area (Å²) in [7, 11) is 0. The first kappa shape index (κ1) is 19.3. The van der Waals surface area contributed by atoms with Gasteiger partial charge in [0.05, 0.1) is 17.6 Å². The first-order valence-corrected chi connectivity index (χ1v) is 8.39. The number of allylic oxidation sites excluding steroid dienone is 5. The van der Waals surface area contributed by atoms with Gasteiger partial charge in [0, 0.05) is 11.8 Å². The van der Waals surface area contributed by atoms with Crippen molar-refractivity contribution < 1.29 is 14.3 Å². The second-order valence-corrected chi connectivity index (χ2v) is 6.39. The van der Waals surface area contributed by atoms with Gasteiger partial charge in [-0.25, -0.2) is 9.18 Å². The van der Waals surface area contributed by atoms with Crippen LogP contribution in [0.2, 0.25) is 0 Å². The highest BCUT2D eigenvalue weighted by molar-refractivity contribution is 6.07. The molecule has 1 aliphatic carbocycles. The van der Waals surface area contributed by atoms with Crippen molar-refractivity contribution in [2.75, 3.05) is 0 Å². The number of aryl methyl sites for hydroxylation is 1. The van der Waals surface area contributed by atoms with Crippen LogP contribution in [0.5, 0.6) is 0 Å². The lowest BCUT2D eigenvalue weighted by molar-refractivity contribution is -0.132. The van der Waals surface area contributed by atoms with E-state index in [2.05, 4.69) is 6.07 Å². The number of nitrogens with one attached hydrogen (secondary N) is 1. The Morgan fingerprint density at radius 3 is 2.77 bits per heavy atom. The number of hydrogen-bond acceptors (Lipinski definition) is 3. The molecule has 5 heteroatoms. The van der Waals surface area contributed by atoms with Crippen LogP contribution in [0.1, 0.15) is 30.9 Å². The van der Waals surface area contributed by atoms with Gasteiger partial charge in [0.1, 0.15) is 5.82 Å². The minimum Gasteiger partial charge on any atom is -0.478 e. The van der Waals surface area contributed by atoms with E-state index in [1.807, 2.05) is 19.9 Å². The number of carbonyl (C=O) groups is 1. The van der Waals surface area contributed by atoms with E-state index in [-0.39, 0.29) is 17.3 Å². The number of halogens is 1. The van der Waals surface area contributed by atoms with Gasteiger partial charge < -0.3 is 10.5 Å². The molecule has 0 radical (unpaired) electrons. The third-order valence-corrected chi connectivity index (χ3v) is 4.67. The minimum absolute atomic E-state index is 0.0519. The fourth-order valence-corrected chi connectivity index (χ4v) is 3.15. The molecule has 2 rings (SSSR count). The lowest BCUT2D eigenvalue weighted by Crippen LogP contribution is -2.18. The van der Waals surface area contributed by atoms with Crippen molar-refractivity contribution in [1.29, 1.82) is 10.7 Å². The highest BCUT2D eigenvalue weighted by atomic mass is 19.1. The SMILES string of the molecule is Cc1ccc(F)c(C2=CC=C(CC/C=C(\C=N)C(=O)O)[C@H](C)C2C#N)c1. The van der Waals surface area contributed by atoms with E-state index in [4.69, 9.17) is 10.5 Å². The standard InChI is InChI=1S/C21H21FN2O2/c1-13-6-9-20(22)18(10-13)17-8-7-15(14(2)19(17)12-24)4-3-5-16(11-23)21(25)26/h5-11,14,19,23H,3-4H2,1-2H3,(H,25,26)/b16-5+,23-11?/t14-,19?/m0/s1. The molecule has 1 aliphatic rings. The summed E-state index contributed by atoms with van der Waals surface area (Å²) in [6.07, 6.45) is 7.06. The lowest BCUT2D eigenvalue weighted by Gasteiger charge is -2.27. The van der Waals surface area contributed by atoms with Crippen molar-refractivity contribution in [1.82, 2.24) is 0 Å². The Kier molecular flexibility index (Phi) is 6.24. The Morgan fingerprint density at radius 1 is 1.42 bits per heavy atom. The zero-order valence-corrected chi connectivity index (χ0v) is 14.8. The highest BCUT2D eigenvalue weighted by Gasteiger charge is 2.29. The predicted molar refractivity (Wildman–Crippen MR) is 99.2 cm³/mol. The Bertz CT molecular complexity index is 859. The molecule has 4 nitrogen and oxygen atoms in total. The molecule has 26 heavy (non-hydrogen) atoms. The molecule has 0 bridgehead atoms. The first-order chi connectivity index (χ1) is 12.4. The van der Waals surface area contributed by atoms with Gasteiger partial charge >= 0.3 is 5.97 Å². The fraction of sp³-hybridized carbons (Fsp3) is 0.286. The molecule has 1 aromatic rings. The number of rotatable bonds is 6. The summed E-state index contributed by atoms with van der Waals surface area (Å²) in [6.45, 7) is 3.81. The topological polar surface area (TPSA) is 84.9 Å². The van der Waals surface area contributed by atoms with Crippen LogP contribution in [0.25, 0.3) is 5.57 Å². The van der Waals surface area contributed by atoms with E-state index in [1.54, 1.807) is 18.2 Å². The molecule has 0 spiro atoms. The second-order valence-electron chi connectivity index (χ2n) is 6.39. The Labute approximate surface area is 152 Å². The van der Waals surface area contributed by atoms with Gasteiger partial charge in [-0.05, 0) is 43.4 Å². The van der Waals surface area contributed by atoms with Gasteiger partial charge in [-0.1, -0.05) is 42.4 Å². The van der Waals surface area contributed by atoms with Gasteiger partial charge in [-0.15, -0.1) is 0 Å². The van der Waals surface area contributed by atoms with Crippen molar-refractivity contribution >= 4 is 17.8 Å². The van der Waals surface area contributed by atoms with Crippen molar-refractivity contribution in [3.63, 3.8) is 0 Å². The molecule has 0 fully saturated rings. The van der Waals surface area contributed by atoms with Crippen LogP contribution in [-0.2, 0) is 4.79 Å². The van der Waals surface area contributed by atoms with E-state index < -0.39 is 11.9 Å². The van der Waals surface area contributed by atoms with E-state index >= 15 is 0 Å². The first-order valence-electron chi connectivity index (χ1n) is 8.39. The van der Waals surface area contributed by atoms with E-state index in [1.165, 1.54) is 12.1 Å².